The molecule has 0 aliphatic carbocycles. The second-order valence-electron chi connectivity index (χ2n) is 25.2. The number of phenols is 1. The molecule has 2 amide bonds. The lowest BCUT2D eigenvalue weighted by atomic mass is 10.2. The number of imidazole rings is 6. The SMILES string of the molecule is CCBr.CCOc1cccc(N)c1N.CCOc1cccc([N+](=O)[O-])c1[N+](=O)[O-].CCOc1cccc2[nH]c(N)nc12.CCOc1cccc2[nH]c(N)nc12.CCOc1cccc2[nH]c(NC(=O)c3[nH]cnc3C(=O)Nc3cc(Br)ccc3C)nc12.Cc1ccc(Br)cc1N.N#CN.O=C(Cl)c1ncn2c(=O)c3c(C(=O)Cl)ncn3c(=O)c12.O=[N+]([O-])c1cccc(O)c1[N+](=O)[O-]. The number of carbonyl (C=O) groups excluding carboxylic acids is 4. The van der Waals surface area contributed by atoms with Crippen molar-refractivity contribution in [2.24, 2.45) is 5.73 Å². The molecule has 0 spiro atoms. The number of carbonyl (C=O) groups is 4. The molecule has 45 nitrogen and oxygen atoms in total. The number of benzene rings is 8. The van der Waals surface area contributed by atoms with Gasteiger partial charge in [-0.25, -0.2) is 29.9 Å². The Labute approximate surface area is 775 Å². The summed E-state index contributed by atoms with van der Waals surface area (Å²) in [6, 6.07) is 40.5. The van der Waals surface area contributed by atoms with Crippen molar-refractivity contribution >= 4 is 201 Å². The van der Waals surface area contributed by atoms with Crippen LogP contribution in [0.5, 0.6) is 34.5 Å². The number of aromatic amines is 4. The standard InChI is InChI=1S/C21H19BrN6O3.C10H2Cl2N4O4.2C9H11N3O.C8H8N2O5.C8H12N2O.C7H8BrN.C6H4N2O5.C2H5Br.CH2N2/c1-3-31-15-6-4-5-13-16(15)27-21(26-13)28-20(30)18-17(23-10-24-18)19(29)25-14-9-12(22)8-7-11(14)2;11-7(17)3-5-10(20)16-2-14-4(8(12)18)6(16)9(19)15(5)1-13-3;2*1-2-13-7-5-3-4-6-8(7)12-9(10)11-6;1-2-15-7-5-3-4-6(9(11)12)8(7)10(13)14;1-2-11-7-5-3-4-6(9)8(7)10;1-5-2-3-6(8)4-7(5)9;9-5-3-1-2-4(7(10)11)6(5)8(12)13;1-2-3;2-1-3/h4-10H,3H2,1-2H3,(H,23,24)(H,25,29)(H2,26,27,28,30);1-2H;2*3-5H,2H2,1H3,(H3,10,11,12);3-5H,2H2,1H3;3-5H,2,9-10H2,1H3;2-4H,9H2,1H3;1-3,9H;2H2,1H3;2H2. The molecule has 131 heavy (non-hydrogen) atoms. The van der Waals surface area contributed by atoms with E-state index >= 15 is 0 Å². The Hall–Kier alpha value is -15.9. The Morgan fingerprint density at radius 3 is 1.34 bits per heavy atom. The Morgan fingerprint density at radius 1 is 0.511 bits per heavy atom. The van der Waals surface area contributed by atoms with Gasteiger partial charge in [0.1, 0.15) is 68.9 Å². The third-order valence-corrected chi connectivity index (χ3v) is 17.9. The van der Waals surface area contributed by atoms with Gasteiger partial charge in [0, 0.05) is 37.8 Å². The topological polar surface area (TPSA) is 695 Å². The summed E-state index contributed by atoms with van der Waals surface area (Å²) >= 11 is 20.4. The van der Waals surface area contributed by atoms with E-state index in [0.29, 0.717) is 77.9 Å². The van der Waals surface area contributed by atoms with Crippen LogP contribution >= 0.6 is 71.0 Å². The molecule has 0 saturated heterocycles. The highest BCUT2D eigenvalue weighted by atomic mass is 79.9. The molecule has 7 aromatic heterocycles. The van der Waals surface area contributed by atoms with Crippen molar-refractivity contribution in [2.45, 2.75) is 55.4 Å². The normalized spacial score (nSPS) is 10.1. The van der Waals surface area contributed by atoms with Crippen LogP contribution in [0.2, 0.25) is 0 Å². The number of aryl methyl sites for hydroxylation is 2. The maximum absolute atomic E-state index is 12.8. The summed E-state index contributed by atoms with van der Waals surface area (Å²) in [5, 5.41) is 62.3. The zero-order valence-corrected chi connectivity index (χ0v) is 76.5. The molecule has 7 heterocycles. The van der Waals surface area contributed by atoms with E-state index in [1.54, 1.807) is 31.2 Å². The van der Waals surface area contributed by atoms with Crippen LogP contribution in [0.3, 0.4) is 0 Å². The number of alkyl halides is 1. The molecule has 686 valence electrons. The zero-order valence-electron chi connectivity index (χ0n) is 70.2. The predicted octanol–water partition coefficient (Wildman–Crippen LogP) is 14.8. The van der Waals surface area contributed by atoms with Gasteiger partial charge in [0.2, 0.25) is 17.4 Å². The minimum atomic E-state index is -0.993. The second-order valence-corrected chi connectivity index (χ2v) is 28.8. The summed E-state index contributed by atoms with van der Waals surface area (Å²) in [6.07, 6.45) is 4.50. The van der Waals surface area contributed by atoms with Crippen molar-refractivity contribution in [2.75, 3.05) is 77.7 Å². The number of nitro benzene ring substituents is 4. The van der Waals surface area contributed by atoms with E-state index in [4.69, 9.17) is 85.9 Å². The number of anilines is 7. The van der Waals surface area contributed by atoms with Crippen molar-refractivity contribution in [3.05, 3.63) is 269 Å². The van der Waals surface area contributed by atoms with E-state index in [2.05, 4.69) is 114 Å². The van der Waals surface area contributed by atoms with E-state index in [1.165, 1.54) is 30.7 Å². The molecular formula is C81H82Br3Cl2N25O20. The first-order valence-corrected chi connectivity index (χ1v) is 41.4. The molecule has 15 rings (SSSR count). The van der Waals surface area contributed by atoms with Crippen LogP contribution in [0.4, 0.5) is 63.3 Å². The molecule has 0 unspecified atom stereocenters. The third-order valence-electron chi connectivity index (χ3n) is 16.5. The molecule has 15 aromatic rings. The quantitative estimate of drug-likeness (QED) is 0.00641. The molecule has 0 aliphatic heterocycles. The van der Waals surface area contributed by atoms with Crippen molar-refractivity contribution in [3.63, 3.8) is 0 Å². The fraction of sp³-hybridized carbons (Fsp3) is 0.173. The van der Waals surface area contributed by atoms with E-state index < -0.39 is 81.6 Å². The lowest BCUT2D eigenvalue weighted by molar-refractivity contribution is -0.423. The van der Waals surface area contributed by atoms with Crippen molar-refractivity contribution in [3.8, 4) is 40.7 Å². The van der Waals surface area contributed by atoms with E-state index in [9.17, 15) is 69.2 Å². The van der Waals surface area contributed by atoms with Crippen molar-refractivity contribution in [1.29, 1.82) is 5.26 Å². The molecule has 0 fully saturated rings. The fourth-order valence-corrected chi connectivity index (χ4v) is 12.0. The number of hydrogen-bond donors (Lipinski definition) is 13. The fourth-order valence-electron chi connectivity index (χ4n) is 11.0. The number of halogens is 5. The Morgan fingerprint density at radius 2 is 0.908 bits per heavy atom. The van der Waals surface area contributed by atoms with Gasteiger partial charge in [-0.2, -0.15) is 5.26 Å². The number of nitro groups is 4. The van der Waals surface area contributed by atoms with Crippen LogP contribution in [0.15, 0.2) is 183 Å². The highest BCUT2D eigenvalue weighted by Crippen LogP contribution is 2.38. The number of para-hydroxylation sites is 6. The van der Waals surface area contributed by atoms with Crippen LogP contribution in [0, 0.1) is 65.8 Å². The molecule has 50 heteroatoms. The van der Waals surface area contributed by atoms with Crippen LogP contribution in [-0.2, 0) is 0 Å². The van der Waals surface area contributed by atoms with Gasteiger partial charge in [0.25, 0.3) is 33.4 Å². The summed E-state index contributed by atoms with van der Waals surface area (Å²) in [5.41, 5.74) is 35.7. The minimum Gasteiger partial charge on any atom is -0.502 e. The van der Waals surface area contributed by atoms with Gasteiger partial charge < -0.3 is 88.4 Å². The number of fused-ring (bicyclic) bond motifs is 5. The second kappa shape index (κ2) is 50.5. The van der Waals surface area contributed by atoms with E-state index in [1.807, 2.05) is 133 Å². The van der Waals surface area contributed by atoms with Gasteiger partial charge in [0.05, 0.1) is 87.0 Å². The molecule has 0 saturated carbocycles. The number of ether oxygens (including phenoxy) is 5. The van der Waals surface area contributed by atoms with Crippen molar-refractivity contribution < 1.29 is 67.7 Å². The third kappa shape index (κ3) is 28.3. The molecular weight excluding hydrogens is 1950 g/mol. The number of amides is 2. The van der Waals surface area contributed by atoms with Crippen LogP contribution in [0.1, 0.15) is 94.6 Å². The number of nitrogens with one attached hydrogen (secondary N) is 6. The predicted molar refractivity (Wildman–Crippen MR) is 503 cm³/mol. The highest BCUT2D eigenvalue weighted by Gasteiger charge is 2.31. The molecule has 0 radical (unpaired) electrons. The number of nitriles is 1. The first kappa shape index (κ1) is 104. The number of nitrogen functional groups attached to an aromatic ring is 5. The summed E-state index contributed by atoms with van der Waals surface area (Å²) in [4.78, 5) is 146. The number of aromatic hydroxyl groups is 1. The monoisotopic (exact) mass is 2030 g/mol. The number of nitrogens with zero attached hydrogens (tertiary/aromatic N) is 13. The Bertz CT molecular complexity index is 6580. The first-order chi connectivity index (χ1) is 62.4. The number of aromatic nitrogens is 12. The average Bonchev–Trinajstić information content (AvgIpc) is 1.58. The van der Waals surface area contributed by atoms with Gasteiger partial charge in [-0.05, 0) is 168 Å². The number of rotatable bonds is 20. The highest BCUT2D eigenvalue weighted by molar-refractivity contribution is 9.10. The number of nitrogens with two attached hydrogens (primary N) is 6. The largest absolute Gasteiger partial charge is 0.502 e. The van der Waals surface area contributed by atoms with Crippen LogP contribution in [-0.4, -0.2) is 144 Å². The number of hydrogen-bond acceptors (Lipinski definition) is 33. The lowest BCUT2D eigenvalue weighted by Crippen LogP contribution is -2.26. The molecule has 0 atom stereocenters. The van der Waals surface area contributed by atoms with Gasteiger partial charge in [0.15, 0.2) is 35.2 Å². The minimum absolute atomic E-state index is 0.0237. The van der Waals surface area contributed by atoms with E-state index in [-0.39, 0.29) is 52.1 Å². The average molecular weight is 2040 g/mol. The number of H-pyrrole nitrogens is 4. The van der Waals surface area contributed by atoms with E-state index in [0.717, 1.165) is 104 Å². The summed E-state index contributed by atoms with van der Waals surface area (Å²) in [6.45, 7) is 17.8. The smallest absolute Gasteiger partial charge is 0.387 e. The Balaban J connectivity index is 0.000000235. The van der Waals surface area contributed by atoms with Gasteiger partial charge >= 0.3 is 22.7 Å². The van der Waals surface area contributed by atoms with Gasteiger partial charge in [-0.1, -0.05) is 103 Å². The first-order valence-electron chi connectivity index (χ1n) is 37.9. The zero-order chi connectivity index (χ0) is 97.0. The molecule has 19 N–H and O–H groups in total. The van der Waals surface area contributed by atoms with Crippen LogP contribution in [0.25, 0.3) is 44.1 Å². The summed E-state index contributed by atoms with van der Waals surface area (Å²) < 4.78 is 30.0. The number of phenolic OH excluding ortho intramolecular Hbond substituents is 1. The Kier molecular flexibility index (Phi) is 40.0. The lowest BCUT2D eigenvalue weighted by Gasteiger charge is -2.08. The van der Waals surface area contributed by atoms with Gasteiger partial charge in [-0.15, -0.1) is 0 Å². The van der Waals surface area contributed by atoms with Crippen LogP contribution < -0.4 is 79.8 Å². The summed E-state index contributed by atoms with van der Waals surface area (Å²) in [5.74, 6) is 2.04. The molecule has 8 aromatic carbocycles. The molecule has 0 bridgehead atoms. The maximum Gasteiger partial charge on any atom is 0.387 e. The van der Waals surface area contributed by atoms with Gasteiger partial charge in [-0.3, -0.25) is 83.3 Å². The molecule has 0 aliphatic rings. The van der Waals surface area contributed by atoms with Crippen molar-refractivity contribution in [1.82, 2.24) is 58.6 Å². The maximum atomic E-state index is 12.8. The summed E-state index contributed by atoms with van der Waals surface area (Å²) in [7, 11) is 0.